The Balaban J connectivity index is 1.42. The lowest BCUT2D eigenvalue weighted by Gasteiger charge is -2.14. The lowest BCUT2D eigenvalue weighted by molar-refractivity contribution is -0.116. The van der Waals surface area contributed by atoms with Crippen LogP contribution >= 0.6 is 0 Å². The minimum atomic E-state index is -0.361. The Kier molecular flexibility index (Phi) is 5.30. The Bertz CT molecular complexity index is 620. The molecule has 2 fully saturated rings. The van der Waals surface area contributed by atoms with Crippen molar-refractivity contribution in [3.05, 3.63) is 41.5 Å². The summed E-state index contributed by atoms with van der Waals surface area (Å²) in [6.07, 6.45) is 7.16. The van der Waals surface area contributed by atoms with Crippen molar-refractivity contribution in [2.24, 2.45) is 5.92 Å². The van der Waals surface area contributed by atoms with Crippen LogP contribution in [0.4, 0.5) is 0 Å². The summed E-state index contributed by atoms with van der Waals surface area (Å²) in [7, 11) is 1.36. The van der Waals surface area contributed by atoms with E-state index in [9.17, 15) is 9.59 Å². The van der Waals surface area contributed by atoms with E-state index >= 15 is 0 Å². The second-order valence-corrected chi connectivity index (χ2v) is 6.57. The number of hydrogen-bond donors (Lipinski definition) is 1. The van der Waals surface area contributed by atoms with Gasteiger partial charge in [-0.15, -0.1) is 0 Å². The molecular formula is C19H24N2O3. The molecule has 128 valence electrons. The standard InChI is InChI=1S/C19H24N2O3/c1-24-19(23)16-5-2-14(3-6-16)4-9-18(22)20-12-15-10-11-21(13-15)17-7-8-17/h2-6,9,15,17H,7-8,10-13H2,1H3,(H,20,22)/b9-4-/t15-/m0/s1. The Morgan fingerprint density at radius 3 is 2.67 bits per heavy atom. The number of carbonyl (C=O) groups excluding carboxylic acids is 2. The molecule has 1 N–H and O–H groups in total. The number of rotatable bonds is 6. The SMILES string of the molecule is COC(=O)c1ccc(/C=C\C(=O)NC[C@@H]2CCN(C3CC3)C2)cc1. The van der Waals surface area contributed by atoms with Crippen molar-refractivity contribution in [2.75, 3.05) is 26.7 Å². The molecule has 2 aliphatic rings. The summed E-state index contributed by atoms with van der Waals surface area (Å²) < 4.78 is 4.66. The molecule has 1 aromatic carbocycles. The molecule has 1 amide bonds. The van der Waals surface area contributed by atoms with Crippen LogP contribution in [-0.4, -0.2) is 49.6 Å². The number of carbonyl (C=O) groups is 2. The van der Waals surface area contributed by atoms with Crippen molar-refractivity contribution in [2.45, 2.75) is 25.3 Å². The lowest BCUT2D eigenvalue weighted by Crippen LogP contribution is -2.30. The first-order valence-electron chi connectivity index (χ1n) is 8.54. The zero-order valence-electron chi connectivity index (χ0n) is 14.0. The Labute approximate surface area is 142 Å². The smallest absolute Gasteiger partial charge is 0.337 e. The van der Waals surface area contributed by atoms with Crippen molar-refractivity contribution in [1.29, 1.82) is 0 Å². The summed E-state index contributed by atoms with van der Waals surface area (Å²) in [6.45, 7) is 3.03. The first-order chi connectivity index (χ1) is 11.7. The molecule has 1 heterocycles. The maximum Gasteiger partial charge on any atom is 0.337 e. The van der Waals surface area contributed by atoms with E-state index in [2.05, 4.69) is 15.0 Å². The fraction of sp³-hybridized carbons (Fsp3) is 0.474. The number of amides is 1. The highest BCUT2D eigenvalue weighted by Crippen LogP contribution is 2.31. The third-order valence-electron chi connectivity index (χ3n) is 4.70. The molecule has 0 unspecified atom stereocenters. The van der Waals surface area contributed by atoms with Crippen LogP contribution in [0.25, 0.3) is 6.08 Å². The third-order valence-corrected chi connectivity index (χ3v) is 4.70. The van der Waals surface area contributed by atoms with Gasteiger partial charge in [-0.3, -0.25) is 4.79 Å². The molecule has 0 radical (unpaired) electrons. The maximum absolute atomic E-state index is 11.9. The van der Waals surface area contributed by atoms with Gasteiger partial charge in [-0.25, -0.2) is 4.79 Å². The molecule has 1 atom stereocenters. The predicted molar refractivity (Wildman–Crippen MR) is 92.5 cm³/mol. The number of benzene rings is 1. The van der Waals surface area contributed by atoms with Crippen LogP contribution in [0.3, 0.4) is 0 Å². The van der Waals surface area contributed by atoms with Gasteiger partial charge in [-0.05, 0) is 55.5 Å². The average Bonchev–Trinajstić information content (AvgIpc) is 3.36. The largest absolute Gasteiger partial charge is 0.465 e. The van der Waals surface area contributed by atoms with Crippen molar-refractivity contribution < 1.29 is 14.3 Å². The maximum atomic E-state index is 11.9. The molecule has 1 saturated carbocycles. The highest BCUT2D eigenvalue weighted by atomic mass is 16.5. The molecule has 5 nitrogen and oxygen atoms in total. The number of nitrogens with one attached hydrogen (secondary N) is 1. The lowest BCUT2D eigenvalue weighted by atomic mass is 10.1. The van der Waals surface area contributed by atoms with E-state index in [1.165, 1.54) is 32.9 Å². The van der Waals surface area contributed by atoms with E-state index in [0.29, 0.717) is 11.5 Å². The van der Waals surface area contributed by atoms with Gasteiger partial charge in [0.1, 0.15) is 0 Å². The number of nitrogens with zero attached hydrogens (tertiary/aromatic N) is 1. The molecule has 5 heteroatoms. The summed E-state index contributed by atoms with van der Waals surface area (Å²) >= 11 is 0. The summed E-state index contributed by atoms with van der Waals surface area (Å²) in [6, 6.07) is 7.78. The van der Waals surface area contributed by atoms with E-state index < -0.39 is 0 Å². The normalized spacial score (nSPS) is 21.1. The average molecular weight is 328 g/mol. The summed E-state index contributed by atoms with van der Waals surface area (Å²) in [5.41, 5.74) is 1.37. The number of hydrogen-bond acceptors (Lipinski definition) is 4. The van der Waals surface area contributed by atoms with Crippen LogP contribution in [-0.2, 0) is 9.53 Å². The Morgan fingerprint density at radius 2 is 2.00 bits per heavy atom. The zero-order chi connectivity index (χ0) is 16.9. The van der Waals surface area contributed by atoms with E-state index in [1.54, 1.807) is 36.4 Å². The van der Waals surface area contributed by atoms with Crippen molar-refractivity contribution in [3.63, 3.8) is 0 Å². The van der Waals surface area contributed by atoms with Crippen LogP contribution in [0.2, 0.25) is 0 Å². The van der Waals surface area contributed by atoms with Gasteiger partial charge >= 0.3 is 5.97 Å². The third kappa shape index (κ3) is 4.45. The fourth-order valence-electron chi connectivity index (χ4n) is 3.12. The summed E-state index contributed by atoms with van der Waals surface area (Å²) in [5, 5.41) is 2.99. The highest BCUT2D eigenvalue weighted by Gasteiger charge is 2.34. The first-order valence-corrected chi connectivity index (χ1v) is 8.54. The molecule has 0 aromatic heterocycles. The van der Waals surface area contributed by atoms with Crippen molar-refractivity contribution in [3.8, 4) is 0 Å². The van der Waals surface area contributed by atoms with Gasteiger partial charge in [0.15, 0.2) is 0 Å². The van der Waals surface area contributed by atoms with E-state index in [1.807, 2.05) is 0 Å². The van der Waals surface area contributed by atoms with Crippen LogP contribution in [0, 0.1) is 5.92 Å². The molecule has 1 saturated heterocycles. The van der Waals surface area contributed by atoms with Crippen LogP contribution in [0.15, 0.2) is 30.3 Å². The molecule has 0 bridgehead atoms. The second-order valence-electron chi connectivity index (χ2n) is 6.57. The summed E-state index contributed by atoms with van der Waals surface area (Å²) in [5.74, 6) is 0.138. The van der Waals surface area contributed by atoms with Crippen LogP contribution in [0.5, 0.6) is 0 Å². The van der Waals surface area contributed by atoms with Gasteiger partial charge in [0.2, 0.25) is 5.91 Å². The quantitative estimate of drug-likeness (QED) is 0.642. The predicted octanol–water partition coefficient (Wildman–Crippen LogP) is 2.09. The zero-order valence-corrected chi connectivity index (χ0v) is 14.0. The molecule has 3 rings (SSSR count). The Morgan fingerprint density at radius 1 is 1.25 bits per heavy atom. The van der Waals surface area contributed by atoms with Gasteiger partial charge < -0.3 is 15.0 Å². The molecule has 24 heavy (non-hydrogen) atoms. The second kappa shape index (κ2) is 7.62. The van der Waals surface area contributed by atoms with Gasteiger partial charge in [0.05, 0.1) is 12.7 Å². The minimum Gasteiger partial charge on any atom is -0.465 e. The molecule has 1 aliphatic heterocycles. The molecule has 0 spiro atoms. The van der Waals surface area contributed by atoms with E-state index in [4.69, 9.17) is 0 Å². The van der Waals surface area contributed by atoms with Gasteiger partial charge in [-0.1, -0.05) is 12.1 Å². The van der Waals surface area contributed by atoms with Crippen LogP contribution in [0.1, 0.15) is 35.2 Å². The fourth-order valence-corrected chi connectivity index (χ4v) is 3.12. The highest BCUT2D eigenvalue weighted by molar-refractivity contribution is 5.92. The van der Waals surface area contributed by atoms with E-state index in [0.717, 1.165) is 24.7 Å². The van der Waals surface area contributed by atoms with Crippen LogP contribution < -0.4 is 5.32 Å². The topological polar surface area (TPSA) is 58.6 Å². The number of esters is 1. The number of ether oxygens (including phenoxy) is 1. The summed E-state index contributed by atoms with van der Waals surface area (Å²) in [4.78, 5) is 25.9. The minimum absolute atomic E-state index is 0.0723. The monoisotopic (exact) mass is 328 g/mol. The first kappa shape index (κ1) is 16.7. The van der Waals surface area contributed by atoms with Gasteiger partial charge in [0.25, 0.3) is 0 Å². The van der Waals surface area contributed by atoms with Crippen molar-refractivity contribution in [1.82, 2.24) is 10.2 Å². The molecule has 1 aliphatic carbocycles. The molecular weight excluding hydrogens is 304 g/mol. The Hall–Kier alpha value is -2.14. The van der Waals surface area contributed by atoms with Crippen molar-refractivity contribution >= 4 is 18.0 Å². The van der Waals surface area contributed by atoms with E-state index in [-0.39, 0.29) is 11.9 Å². The number of likely N-dealkylation sites (tertiary alicyclic amines) is 1. The van der Waals surface area contributed by atoms with Gasteiger partial charge in [-0.2, -0.15) is 0 Å². The number of methoxy groups -OCH3 is 1. The van der Waals surface area contributed by atoms with Gasteiger partial charge in [0, 0.05) is 25.2 Å². The molecule has 1 aromatic rings.